The largest absolute Gasteiger partial charge is 0.490 e. The molecular weight excluding hydrogens is 588 g/mol. The van der Waals surface area contributed by atoms with E-state index in [9.17, 15) is 0 Å². The zero-order valence-electron chi connectivity index (χ0n) is 29.6. The second-order valence-electron chi connectivity index (χ2n) is 14.7. The van der Waals surface area contributed by atoms with Gasteiger partial charge in [-0.15, -0.1) is 0 Å². The number of methoxy groups -OCH3 is 1. The molecule has 0 radical (unpaired) electrons. The van der Waals surface area contributed by atoms with Crippen molar-refractivity contribution in [3.8, 4) is 28.1 Å². The molecule has 0 amide bonds. The molecule has 2 aromatic heterocycles. The number of aromatic nitrogens is 3. The Morgan fingerprint density at radius 3 is 2.53 bits per heavy atom. The fourth-order valence-electron chi connectivity index (χ4n) is 6.97. The standard InChI is InChI=1S/C39H52N4O4/c1-26-15-16-33-31(22-26)29-13-11-14-30(23-29)32-24-35-40-28(3)36(34(25-44-8)47-38(4,5)6)37(43(35)41-32)42-19-17-39(7,18-20-42)45-21-10-9-12-27(2)46-33/h11,13-16,22-24,27,34H,9-10,12,17-21,25H2,1-8H3. The molecule has 8 nitrogen and oxygen atoms in total. The van der Waals surface area contributed by atoms with E-state index in [-0.39, 0.29) is 23.4 Å². The van der Waals surface area contributed by atoms with Crippen LogP contribution in [0.1, 0.15) is 89.6 Å². The van der Waals surface area contributed by atoms with E-state index < -0.39 is 0 Å². The van der Waals surface area contributed by atoms with Gasteiger partial charge in [0.15, 0.2) is 5.65 Å². The van der Waals surface area contributed by atoms with E-state index in [2.05, 4.69) is 102 Å². The first kappa shape index (κ1) is 33.4. The molecule has 7 rings (SSSR count). The van der Waals surface area contributed by atoms with E-state index in [1.165, 1.54) is 5.56 Å². The average molecular weight is 641 g/mol. The molecule has 0 N–H and O–H groups in total. The molecule has 3 aliphatic heterocycles. The summed E-state index contributed by atoms with van der Waals surface area (Å²) in [6.07, 6.45) is 4.72. The zero-order valence-corrected chi connectivity index (χ0v) is 29.6. The number of rotatable bonds is 4. The van der Waals surface area contributed by atoms with Crippen LogP contribution in [0.25, 0.3) is 28.0 Å². The first-order valence-corrected chi connectivity index (χ1v) is 17.3. The predicted molar refractivity (Wildman–Crippen MR) is 189 cm³/mol. The summed E-state index contributed by atoms with van der Waals surface area (Å²) in [7, 11) is 1.73. The fourth-order valence-corrected chi connectivity index (χ4v) is 6.97. The van der Waals surface area contributed by atoms with E-state index in [1.54, 1.807) is 7.11 Å². The van der Waals surface area contributed by atoms with Gasteiger partial charge in [0.1, 0.15) is 17.7 Å². The van der Waals surface area contributed by atoms with Crippen LogP contribution in [-0.4, -0.2) is 65.3 Å². The lowest BCUT2D eigenvalue weighted by Gasteiger charge is -2.41. The number of fused-ring (bicyclic) bond motifs is 8. The van der Waals surface area contributed by atoms with Crippen molar-refractivity contribution in [2.24, 2.45) is 0 Å². The number of piperidine rings is 1. The fraction of sp³-hybridized carbons (Fsp3) is 0.538. The molecule has 6 bridgehead atoms. The lowest BCUT2D eigenvalue weighted by atomic mass is 9.92. The number of anilines is 1. The number of benzene rings is 2. The Hall–Kier alpha value is -3.46. The van der Waals surface area contributed by atoms with Crippen LogP contribution in [0, 0.1) is 13.8 Å². The lowest BCUT2D eigenvalue weighted by molar-refractivity contribution is -0.0890. The van der Waals surface area contributed by atoms with E-state index in [0.717, 1.165) is 103 Å². The minimum Gasteiger partial charge on any atom is -0.490 e. The molecule has 1 saturated heterocycles. The Morgan fingerprint density at radius 2 is 1.79 bits per heavy atom. The average Bonchev–Trinajstić information content (AvgIpc) is 3.44. The molecule has 47 heavy (non-hydrogen) atoms. The first-order valence-electron chi connectivity index (χ1n) is 17.3. The smallest absolute Gasteiger partial charge is 0.158 e. The summed E-state index contributed by atoms with van der Waals surface area (Å²) < 4.78 is 27.6. The van der Waals surface area contributed by atoms with Gasteiger partial charge < -0.3 is 23.8 Å². The molecule has 2 atom stereocenters. The quantitative estimate of drug-likeness (QED) is 0.222. The summed E-state index contributed by atoms with van der Waals surface area (Å²) in [4.78, 5) is 7.58. The van der Waals surface area contributed by atoms with Crippen LogP contribution in [-0.2, 0) is 14.2 Å². The molecule has 4 aromatic rings. The normalized spacial score (nSPS) is 21.4. The summed E-state index contributed by atoms with van der Waals surface area (Å²) in [5, 5.41) is 5.27. The minimum absolute atomic E-state index is 0.105. The van der Waals surface area contributed by atoms with Crippen LogP contribution in [0.4, 0.5) is 5.82 Å². The van der Waals surface area contributed by atoms with Gasteiger partial charge in [0.05, 0.1) is 29.6 Å². The van der Waals surface area contributed by atoms with Crippen molar-refractivity contribution < 1.29 is 18.9 Å². The second kappa shape index (κ2) is 13.6. The third kappa shape index (κ3) is 7.50. The van der Waals surface area contributed by atoms with Gasteiger partial charge in [-0.3, -0.25) is 0 Å². The molecule has 0 aliphatic carbocycles. The maximum absolute atomic E-state index is 6.66. The first-order chi connectivity index (χ1) is 22.4. The van der Waals surface area contributed by atoms with Crippen molar-refractivity contribution in [2.45, 2.75) is 104 Å². The van der Waals surface area contributed by atoms with E-state index in [0.29, 0.717) is 6.61 Å². The summed E-state index contributed by atoms with van der Waals surface area (Å²) in [6, 6.07) is 17.2. The highest BCUT2D eigenvalue weighted by atomic mass is 16.5. The van der Waals surface area contributed by atoms with Crippen LogP contribution in [0.2, 0.25) is 0 Å². The molecule has 0 saturated carbocycles. The van der Waals surface area contributed by atoms with E-state index in [1.807, 2.05) is 4.52 Å². The van der Waals surface area contributed by atoms with Crippen LogP contribution >= 0.6 is 0 Å². The number of hydrogen-bond donors (Lipinski definition) is 0. The maximum Gasteiger partial charge on any atom is 0.158 e. The number of hydrogen-bond acceptors (Lipinski definition) is 7. The SMILES string of the molecule is COCC(OC(C)(C)C)c1c(C)nc2cc3nn2c1N1CCC(C)(CC1)OCCCCC(C)Oc1ccc(C)cc1-c1cccc-3c1. The highest BCUT2D eigenvalue weighted by molar-refractivity contribution is 5.77. The highest BCUT2D eigenvalue weighted by Crippen LogP contribution is 2.39. The summed E-state index contributed by atoms with van der Waals surface area (Å²) >= 11 is 0. The van der Waals surface area contributed by atoms with Gasteiger partial charge in [-0.25, -0.2) is 4.98 Å². The van der Waals surface area contributed by atoms with Crippen molar-refractivity contribution in [1.29, 1.82) is 0 Å². The maximum atomic E-state index is 6.66. The van der Waals surface area contributed by atoms with Crippen molar-refractivity contribution in [2.75, 3.05) is 38.3 Å². The second-order valence-corrected chi connectivity index (χ2v) is 14.7. The zero-order chi connectivity index (χ0) is 33.3. The van der Waals surface area contributed by atoms with E-state index >= 15 is 0 Å². The Bertz CT molecular complexity index is 1700. The Morgan fingerprint density at radius 1 is 1.02 bits per heavy atom. The lowest BCUT2D eigenvalue weighted by Crippen LogP contribution is -2.45. The van der Waals surface area contributed by atoms with Gasteiger partial charge in [0.25, 0.3) is 0 Å². The Labute approximate surface area is 280 Å². The van der Waals surface area contributed by atoms with E-state index in [4.69, 9.17) is 29.0 Å². The van der Waals surface area contributed by atoms with Crippen molar-refractivity contribution >= 4 is 11.5 Å². The van der Waals surface area contributed by atoms with Crippen LogP contribution in [0.3, 0.4) is 0 Å². The Balaban J connectivity index is 1.52. The van der Waals surface area contributed by atoms with Crippen molar-refractivity contribution in [1.82, 2.24) is 14.6 Å². The van der Waals surface area contributed by atoms with Gasteiger partial charge in [0, 0.05) is 55.3 Å². The molecule has 252 valence electrons. The van der Waals surface area contributed by atoms with Gasteiger partial charge in [-0.2, -0.15) is 9.61 Å². The predicted octanol–water partition coefficient (Wildman–Crippen LogP) is 8.51. The minimum atomic E-state index is -0.370. The highest BCUT2D eigenvalue weighted by Gasteiger charge is 2.35. The topological polar surface area (TPSA) is 70.4 Å². The molecule has 2 aromatic carbocycles. The van der Waals surface area contributed by atoms with Gasteiger partial charge in [-0.05, 0) is 104 Å². The van der Waals surface area contributed by atoms with Crippen molar-refractivity contribution in [3.63, 3.8) is 0 Å². The summed E-state index contributed by atoms with van der Waals surface area (Å²) in [6.45, 7) is 17.8. The van der Waals surface area contributed by atoms with Crippen LogP contribution in [0.15, 0.2) is 48.5 Å². The molecule has 5 heterocycles. The summed E-state index contributed by atoms with van der Waals surface area (Å²) in [5.41, 5.74) is 7.54. The molecule has 0 spiro atoms. The third-order valence-corrected chi connectivity index (χ3v) is 9.45. The number of aryl methyl sites for hydroxylation is 2. The van der Waals surface area contributed by atoms with Crippen LogP contribution in [0.5, 0.6) is 5.75 Å². The van der Waals surface area contributed by atoms with Gasteiger partial charge in [0.2, 0.25) is 0 Å². The number of nitrogens with zero attached hydrogens (tertiary/aromatic N) is 4. The van der Waals surface area contributed by atoms with Gasteiger partial charge >= 0.3 is 0 Å². The molecule has 2 unspecified atom stereocenters. The summed E-state index contributed by atoms with van der Waals surface area (Å²) in [5.74, 6) is 1.94. The van der Waals surface area contributed by atoms with Crippen LogP contribution < -0.4 is 9.64 Å². The third-order valence-electron chi connectivity index (χ3n) is 9.45. The number of ether oxygens (including phenoxy) is 4. The van der Waals surface area contributed by atoms with Crippen molar-refractivity contribution in [3.05, 3.63) is 65.4 Å². The molecule has 3 aliphatic rings. The molecule has 8 heteroatoms. The molecule has 1 fully saturated rings. The molecular formula is C39H52N4O4. The Kier molecular flexibility index (Phi) is 9.66. The van der Waals surface area contributed by atoms with Gasteiger partial charge in [-0.1, -0.05) is 29.8 Å². The monoisotopic (exact) mass is 640 g/mol.